The number of hydrogen-bond donors (Lipinski definition) is 0. The van der Waals surface area contributed by atoms with E-state index in [1.54, 1.807) is 12.1 Å². The molecule has 3 aromatic heterocycles. The van der Waals surface area contributed by atoms with Gasteiger partial charge in [0.1, 0.15) is 12.4 Å². The number of nitrogens with zero attached hydrogens (tertiary/aromatic N) is 3. The molecular weight excluding hydrogens is 383 g/mol. The molecule has 27 heavy (non-hydrogen) atoms. The van der Waals surface area contributed by atoms with Crippen molar-refractivity contribution in [3.8, 4) is 16.5 Å². The fourth-order valence-corrected chi connectivity index (χ4v) is 3.24. The Hall–Kier alpha value is -3.14. The van der Waals surface area contributed by atoms with Gasteiger partial charge in [-0.1, -0.05) is 17.4 Å². The van der Waals surface area contributed by atoms with Gasteiger partial charge in [-0.25, -0.2) is 4.98 Å². The van der Waals surface area contributed by atoms with Gasteiger partial charge in [0.05, 0.1) is 17.5 Å². The van der Waals surface area contributed by atoms with Crippen LogP contribution < -0.4 is 10.3 Å². The molecule has 0 saturated carbocycles. The fraction of sp³-hybridized carbons (Fsp3) is 0.118. The summed E-state index contributed by atoms with van der Waals surface area (Å²) >= 11 is 1.15. The Balaban J connectivity index is 1.59. The Kier molecular flexibility index (Phi) is 4.19. The average Bonchev–Trinajstić information content (AvgIpc) is 3.29. The van der Waals surface area contributed by atoms with Crippen LogP contribution in [0.1, 0.15) is 11.3 Å². The van der Waals surface area contributed by atoms with E-state index in [1.165, 1.54) is 24.5 Å². The van der Waals surface area contributed by atoms with Gasteiger partial charge in [0.15, 0.2) is 10.8 Å². The molecule has 4 aromatic rings. The summed E-state index contributed by atoms with van der Waals surface area (Å²) in [5, 5.41) is 4.64. The first-order valence-corrected chi connectivity index (χ1v) is 8.45. The zero-order chi connectivity index (χ0) is 19.0. The highest BCUT2D eigenvalue weighted by atomic mass is 32.1. The maximum atomic E-state index is 12.8. The molecular formula is C17H10F3N3O3S. The van der Waals surface area contributed by atoms with Crippen LogP contribution in [-0.4, -0.2) is 14.6 Å². The van der Waals surface area contributed by atoms with Crippen LogP contribution in [0.5, 0.6) is 5.75 Å². The number of benzene rings is 1. The minimum absolute atomic E-state index is 0.0346. The van der Waals surface area contributed by atoms with Crippen LogP contribution in [0.4, 0.5) is 13.2 Å². The SMILES string of the molecule is O=c1cc(COc2cccc(C(F)(F)F)c2)nc2sc(-c3ccco3)nn12. The number of ether oxygens (including phenoxy) is 1. The van der Waals surface area contributed by atoms with Crippen molar-refractivity contribution in [3.05, 3.63) is 70.3 Å². The van der Waals surface area contributed by atoms with Gasteiger partial charge in [-0.15, -0.1) is 5.10 Å². The molecule has 0 aliphatic carbocycles. The smallest absolute Gasteiger partial charge is 0.416 e. The van der Waals surface area contributed by atoms with Crippen molar-refractivity contribution < 1.29 is 22.3 Å². The summed E-state index contributed by atoms with van der Waals surface area (Å²) in [6, 6.07) is 9.15. The third kappa shape index (κ3) is 3.56. The molecule has 0 saturated heterocycles. The molecule has 4 rings (SSSR count). The van der Waals surface area contributed by atoms with Gasteiger partial charge in [-0.2, -0.15) is 17.7 Å². The van der Waals surface area contributed by atoms with Crippen molar-refractivity contribution in [1.29, 1.82) is 0 Å². The second-order valence-corrected chi connectivity index (χ2v) is 6.43. The van der Waals surface area contributed by atoms with Crippen molar-refractivity contribution in [3.63, 3.8) is 0 Å². The number of furan rings is 1. The second kappa shape index (κ2) is 6.54. The predicted octanol–water partition coefficient (Wildman–Crippen LogP) is 4.01. The van der Waals surface area contributed by atoms with Gasteiger partial charge in [0.25, 0.3) is 5.56 Å². The number of aromatic nitrogens is 3. The summed E-state index contributed by atoms with van der Waals surface area (Å²) in [5.74, 6) is 0.541. The molecule has 1 aromatic carbocycles. The van der Waals surface area contributed by atoms with Crippen LogP contribution in [0, 0.1) is 0 Å². The molecule has 0 unspecified atom stereocenters. The molecule has 0 fully saturated rings. The summed E-state index contributed by atoms with van der Waals surface area (Å²) in [4.78, 5) is 16.8. The fourth-order valence-electron chi connectivity index (χ4n) is 2.35. The van der Waals surface area contributed by atoms with E-state index in [-0.39, 0.29) is 18.1 Å². The molecule has 0 radical (unpaired) electrons. The quantitative estimate of drug-likeness (QED) is 0.524. The van der Waals surface area contributed by atoms with Crippen molar-refractivity contribution in [2.45, 2.75) is 12.8 Å². The minimum atomic E-state index is -4.46. The lowest BCUT2D eigenvalue weighted by atomic mass is 10.2. The molecule has 0 aliphatic rings. The van der Waals surface area contributed by atoms with E-state index >= 15 is 0 Å². The predicted molar refractivity (Wildman–Crippen MR) is 90.6 cm³/mol. The van der Waals surface area contributed by atoms with Crippen LogP contribution in [0.25, 0.3) is 15.7 Å². The Labute approximate surface area is 153 Å². The molecule has 6 nitrogen and oxygen atoms in total. The third-order valence-corrected chi connectivity index (χ3v) is 4.50. The van der Waals surface area contributed by atoms with Gasteiger partial charge in [0.2, 0.25) is 4.96 Å². The Morgan fingerprint density at radius 1 is 1.19 bits per heavy atom. The molecule has 0 bridgehead atoms. The summed E-state index contributed by atoms with van der Waals surface area (Å²) in [6.07, 6.45) is -2.97. The standard InChI is InChI=1S/C17H10F3N3O3S/c18-17(19,20)10-3-1-4-12(7-10)26-9-11-8-14(24)23-16(21-11)27-15(22-23)13-5-2-6-25-13/h1-8H,9H2. The number of rotatable bonds is 4. The molecule has 0 atom stereocenters. The molecule has 0 amide bonds. The van der Waals surface area contributed by atoms with Gasteiger partial charge in [0, 0.05) is 6.07 Å². The lowest BCUT2D eigenvalue weighted by molar-refractivity contribution is -0.137. The van der Waals surface area contributed by atoms with Gasteiger partial charge in [-0.05, 0) is 30.3 Å². The van der Waals surface area contributed by atoms with Gasteiger partial charge >= 0.3 is 6.18 Å². The van der Waals surface area contributed by atoms with E-state index < -0.39 is 17.3 Å². The number of fused-ring (bicyclic) bond motifs is 1. The van der Waals surface area contributed by atoms with E-state index in [0.29, 0.717) is 15.7 Å². The van der Waals surface area contributed by atoms with Crippen molar-refractivity contribution in [2.75, 3.05) is 0 Å². The van der Waals surface area contributed by atoms with Crippen molar-refractivity contribution in [1.82, 2.24) is 14.6 Å². The van der Waals surface area contributed by atoms with Crippen LogP contribution in [0.3, 0.4) is 0 Å². The summed E-state index contributed by atoms with van der Waals surface area (Å²) in [7, 11) is 0. The van der Waals surface area contributed by atoms with E-state index in [4.69, 9.17) is 9.15 Å². The largest absolute Gasteiger partial charge is 0.487 e. The first-order chi connectivity index (χ1) is 12.9. The lowest BCUT2D eigenvalue weighted by Crippen LogP contribution is -2.16. The zero-order valence-electron chi connectivity index (χ0n) is 13.4. The highest BCUT2D eigenvalue weighted by Gasteiger charge is 2.30. The summed E-state index contributed by atoms with van der Waals surface area (Å²) in [5.41, 5.74) is -0.946. The number of alkyl halides is 3. The Bertz CT molecular complexity index is 1150. The Morgan fingerprint density at radius 2 is 2.04 bits per heavy atom. The van der Waals surface area contributed by atoms with E-state index in [0.717, 1.165) is 28.0 Å². The highest BCUT2D eigenvalue weighted by Crippen LogP contribution is 2.31. The summed E-state index contributed by atoms with van der Waals surface area (Å²) in [6.45, 7) is -0.152. The molecule has 138 valence electrons. The second-order valence-electron chi connectivity index (χ2n) is 5.48. The van der Waals surface area contributed by atoms with Crippen LogP contribution in [0.2, 0.25) is 0 Å². The highest BCUT2D eigenvalue weighted by molar-refractivity contribution is 7.19. The monoisotopic (exact) mass is 393 g/mol. The van der Waals surface area contributed by atoms with E-state index in [9.17, 15) is 18.0 Å². The van der Waals surface area contributed by atoms with Crippen LogP contribution in [0.15, 0.2) is 57.9 Å². The van der Waals surface area contributed by atoms with E-state index in [1.807, 2.05) is 0 Å². The van der Waals surface area contributed by atoms with Crippen LogP contribution in [-0.2, 0) is 12.8 Å². The molecule has 0 spiro atoms. The number of hydrogen-bond acceptors (Lipinski definition) is 6. The van der Waals surface area contributed by atoms with Gasteiger partial charge in [-0.3, -0.25) is 4.79 Å². The first kappa shape index (κ1) is 17.3. The lowest BCUT2D eigenvalue weighted by Gasteiger charge is -2.09. The first-order valence-electron chi connectivity index (χ1n) is 7.64. The maximum absolute atomic E-state index is 12.8. The molecule has 3 heterocycles. The summed E-state index contributed by atoms with van der Waals surface area (Å²) < 4.78 is 50.0. The topological polar surface area (TPSA) is 69.6 Å². The van der Waals surface area contributed by atoms with Gasteiger partial charge < -0.3 is 9.15 Å². The van der Waals surface area contributed by atoms with E-state index in [2.05, 4.69) is 10.1 Å². The molecule has 10 heteroatoms. The Morgan fingerprint density at radius 3 is 2.78 bits per heavy atom. The third-order valence-electron chi connectivity index (χ3n) is 3.58. The average molecular weight is 393 g/mol. The molecule has 0 N–H and O–H groups in total. The van der Waals surface area contributed by atoms with Crippen molar-refractivity contribution in [2.24, 2.45) is 0 Å². The number of halogens is 3. The van der Waals surface area contributed by atoms with Crippen molar-refractivity contribution >= 4 is 16.3 Å². The zero-order valence-corrected chi connectivity index (χ0v) is 14.3. The minimum Gasteiger partial charge on any atom is -0.487 e. The van der Waals surface area contributed by atoms with Crippen LogP contribution >= 0.6 is 11.3 Å². The normalized spacial score (nSPS) is 11.8. The molecule has 0 aliphatic heterocycles. The maximum Gasteiger partial charge on any atom is 0.416 e.